The molecule has 2 aromatic carbocycles. The van der Waals surface area contributed by atoms with Crippen molar-refractivity contribution in [2.75, 3.05) is 33.2 Å². The predicted molar refractivity (Wildman–Crippen MR) is 131 cm³/mol. The third-order valence-electron chi connectivity index (χ3n) is 6.01. The average molecular weight is 455 g/mol. The molecule has 3 rings (SSSR count). The average Bonchev–Trinajstić information content (AvgIpc) is 3.04. The lowest BCUT2D eigenvalue weighted by Gasteiger charge is -2.19. The Labute approximate surface area is 195 Å². The molecule has 1 amide bonds. The molecule has 0 aromatic heterocycles. The summed E-state index contributed by atoms with van der Waals surface area (Å²) in [6.45, 7) is 4.37. The SMILES string of the molecule is CCCCCNc1ccc2c(cc1=O)C(NC(C)=O)CCc1cc(OC)c(OC)c(OC)c1-2. The molecule has 0 aliphatic heterocycles. The van der Waals surface area contributed by atoms with E-state index in [4.69, 9.17) is 14.2 Å². The topological polar surface area (TPSA) is 85.9 Å². The first-order chi connectivity index (χ1) is 15.9. The Hall–Kier alpha value is -3.22. The second-order valence-corrected chi connectivity index (χ2v) is 8.23. The minimum Gasteiger partial charge on any atom is -0.493 e. The molecule has 0 bridgehead atoms. The lowest BCUT2D eigenvalue weighted by Crippen LogP contribution is -2.26. The minimum absolute atomic E-state index is 0.106. The fourth-order valence-corrected chi connectivity index (χ4v) is 4.45. The van der Waals surface area contributed by atoms with E-state index < -0.39 is 0 Å². The summed E-state index contributed by atoms with van der Waals surface area (Å²) in [5.41, 5.74) is 3.90. The fourth-order valence-electron chi connectivity index (χ4n) is 4.45. The summed E-state index contributed by atoms with van der Waals surface area (Å²) >= 11 is 0. The number of unbranched alkanes of at least 4 members (excludes halogenated alkanes) is 2. The molecule has 7 heteroatoms. The van der Waals surface area contributed by atoms with Crippen molar-refractivity contribution >= 4 is 11.6 Å². The molecule has 1 aliphatic carbocycles. The molecule has 2 N–H and O–H groups in total. The van der Waals surface area contributed by atoms with E-state index in [1.165, 1.54) is 6.92 Å². The van der Waals surface area contributed by atoms with E-state index in [2.05, 4.69) is 17.6 Å². The third-order valence-corrected chi connectivity index (χ3v) is 6.01. The van der Waals surface area contributed by atoms with Crippen LogP contribution >= 0.6 is 0 Å². The molecule has 1 unspecified atom stereocenters. The van der Waals surface area contributed by atoms with Crippen LogP contribution in [-0.2, 0) is 11.2 Å². The van der Waals surface area contributed by atoms with E-state index in [-0.39, 0.29) is 17.4 Å². The van der Waals surface area contributed by atoms with Crippen molar-refractivity contribution in [2.45, 2.75) is 52.0 Å². The van der Waals surface area contributed by atoms with Gasteiger partial charge in [-0.3, -0.25) is 9.59 Å². The van der Waals surface area contributed by atoms with Gasteiger partial charge < -0.3 is 24.8 Å². The lowest BCUT2D eigenvalue weighted by molar-refractivity contribution is -0.119. The molecule has 1 aliphatic rings. The number of amides is 1. The Balaban J connectivity index is 2.25. The Bertz CT molecular complexity index is 1070. The number of nitrogens with one attached hydrogen (secondary N) is 2. The van der Waals surface area contributed by atoms with E-state index in [1.54, 1.807) is 27.4 Å². The molecular weight excluding hydrogens is 420 g/mol. The number of benzene rings is 1. The van der Waals surface area contributed by atoms with Crippen LogP contribution in [0.5, 0.6) is 17.2 Å². The molecular formula is C26H34N2O5. The van der Waals surface area contributed by atoms with Crippen molar-refractivity contribution in [3.05, 3.63) is 45.6 Å². The molecule has 178 valence electrons. The van der Waals surface area contributed by atoms with E-state index in [0.29, 0.717) is 35.8 Å². The summed E-state index contributed by atoms with van der Waals surface area (Å²) in [6, 6.07) is 7.05. The molecule has 0 heterocycles. The molecule has 7 nitrogen and oxygen atoms in total. The van der Waals surface area contributed by atoms with Crippen molar-refractivity contribution in [2.24, 2.45) is 0 Å². The molecule has 33 heavy (non-hydrogen) atoms. The van der Waals surface area contributed by atoms with Crippen molar-refractivity contribution in [3.63, 3.8) is 0 Å². The zero-order valence-electron chi connectivity index (χ0n) is 20.2. The normalized spacial score (nSPS) is 14.4. The second-order valence-electron chi connectivity index (χ2n) is 8.23. The number of aryl methyl sites for hydroxylation is 1. The number of rotatable bonds is 9. The highest BCUT2D eigenvalue weighted by Gasteiger charge is 2.29. The molecule has 1 atom stereocenters. The van der Waals surface area contributed by atoms with Gasteiger partial charge in [-0.2, -0.15) is 0 Å². The summed E-state index contributed by atoms with van der Waals surface area (Å²) in [6.07, 6.45) is 4.53. The number of carbonyl (C=O) groups is 1. The van der Waals surface area contributed by atoms with Crippen molar-refractivity contribution in [1.82, 2.24) is 5.32 Å². The largest absolute Gasteiger partial charge is 0.493 e. The molecule has 2 aromatic rings. The smallest absolute Gasteiger partial charge is 0.217 e. The van der Waals surface area contributed by atoms with Crippen molar-refractivity contribution in [1.29, 1.82) is 0 Å². The highest BCUT2D eigenvalue weighted by molar-refractivity contribution is 5.83. The van der Waals surface area contributed by atoms with Gasteiger partial charge in [0.25, 0.3) is 0 Å². The van der Waals surface area contributed by atoms with E-state index >= 15 is 0 Å². The minimum atomic E-state index is -0.306. The van der Waals surface area contributed by atoms with E-state index in [1.807, 2.05) is 18.2 Å². The monoisotopic (exact) mass is 454 g/mol. The maximum absolute atomic E-state index is 13.1. The predicted octanol–water partition coefficient (Wildman–Crippen LogP) is 4.47. The van der Waals surface area contributed by atoms with Crippen LogP contribution < -0.4 is 30.3 Å². The number of hydrogen-bond acceptors (Lipinski definition) is 6. The van der Waals surface area contributed by atoms with Crippen LogP contribution in [-0.4, -0.2) is 33.8 Å². The Morgan fingerprint density at radius 3 is 2.45 bits per heavy atom. The zero-order valence-corrected chi connectivity index (χ0v) is 20.2. The van der Waals surface area contributed by atoms with Crippen molar-refractivity contribution in [3.8, 4) is 28.4 Å². The molecule has 0 fully saturated rings. The van der Waals surface area contributed by atoms with Crippen LogP contribution in [0.2, 0.25) is 0 Å². The summed E-state index contributed by atoms with van der Waals surface area (Å²) in [4.78, 5) is 25.1. The van der Waals surface area contributed by atoms with Gasteiger partial charge in [-0.15, -0.1) is 0 Å². The standard InChI is InChI=1S/C26H34N2O5/c1-6-7-8-13-27-21-12-10-18-19(15-22(21)30)20(28-16(2)29)11-9-17-14-23(31-3)25(32-4)26(33-5)24(17)18/h10,12,14-15,20H,6-9,11,13H2,1-5H3,(H,27,30)(H,28,29). The zero-order chi connectivity index (χ0) is 24.0. The van der Waals surface area contributed by atoms with Crippen LogP contribution in [0.4, 0.5) is 5.69 Å². The molecule has 0 spiro atoms. The number of fused-ring (bicyclic) bond motifs is 3. The Morgan fingerprint density at radius 1 is 1.06 bits per heavy atom. The summed E-state index contributed by atoms with van der Waals surface area (Å²) in [5.74, 6) is 1.48. The maximum atomic E-state index is 13.1. The van der Waals surface area contributed by atoms with Crippen LogP contribution in [0.25, 0.3) is 11.1 Å². The first-order valence-electron chi connectivity index (χ1n) is 11.5. The molecule has 0 saturated carbocycles. The maximum Gasteiger partial charge on any atom is 0.217 e. The van der Waals surface area contributed by atoms with Gasteiger partial charge in [0.2, 0.25) is 17.1 Å². The van der Waals surface area contributed by atoms with Gasteiger partial charge in [0.15, 0.2) is 11.5 Å². The van der Waals surface area contributed by atoms with Crippen molar-refractivity contribution < 1.29 is 19.0 Å². The van der Waals surface area contributed by atoms with E-state index in [9.17, 15) is 9.59 Å². The Kier molecular flexibility index (Phi) is 8.20. The molecule has 0 saturated heterocycles. The van der Waals surface area contributed by atoms with Gasteiger partial charge >= 0.3 is 0 Å². The third kappa shape index (κ3) is 5.24. The number of anilines is 1. The van der Waals surface area contributed by atoms with E-state index in [0.717, 1.165) is 48.1 Å². The first kappa shape index (κ1) is 24.4. The lowest BCUT2D eigenvalue weighted by atomic mass is 9.95. The van der Waals surface area contributed by atoms with Crippen LogP contribution in [0.3, 0.4) is 0 Å². The van der Waals surface area contributed by atoms with Crippen LogP contribution in [0.1, 0.15) is 56.7 Å². The number of methoxy groups -OCH3 is 3. The highest BCUT2D eigenvalue weighted by Crippen LogP contribution is 2.50. The summed E-state index contributed by atoms with van der Waals surface area (Å²) < 4.78 is 17.0. The second kappa shape index (κ2) is 11.1. The summed E-state index contributed by atoms with van der Waals surface area (Å²) in [7, 11) is 4.76. The highest BCUT2D eigenvalue weighted by atomic mass is 16.5. The van der Waals surface area contributed by atoms with Gasteiger partial charge in [-0.1, -0.05) is 25.8 Å². The van der Waals surface area contributed by atoms with Gasteiger partial charge in [0.1, 0.15) is 0 Å². The van der Waals surface area contributed by atoms with Gasteiger partial charge in [-0.05, 0) is 54.2 Å². The summed E-state index contributed by atoms with van der Waals surface area (Å²) in [5, 5.41) is 6.31. The van der Waals surface area contributed by atoms with Crippen LogP contribution in [0, 0.1) is 0 Å². The van der Waals surface area contributed by atoms with Gasteiger partial charge in [0.05, 0.1) is 33.1 Å². The Morgan fingerprint density at radius 2 is 1.82 bits per heavy atom. The number of hydrogen-bond donors (Lipinski definition) is 2. The number of ether oxygens (including phenoxy) is 3. The van der Waals surface area contributed by atoms with Gasteiger partial charge in [0, 0.05) is 19.0 Å². The quantitative estimate of drug-likeness (QED) is 0.544. The van der Waals surface area contributed by atoms with Crippen LogP contribution in [0.15, 0.2) is 29.1 Å². The first-order valence-corrected chi connectivity index (χ1v) is 11.5. The molecule has 0 radical (unpaired) electrons. The van der Waals surface area contributed by atoms with Gasteiger partial charge in [-0.25, -0.2) is 0 Å². The number of carbonyl (C=O) groups excluding carboxylic acids is 1. The fraction of sp³-hybridized carbons (Fsp3) is 0.462.